The lowest BCUT2D eigenvalue weighted by Crippen LogP contribution is -2.02. The van der Waals surface area contributed by atoms with Crippen molar-refractivity contribution in [1.82, 2.24) is 9.78 Å². The number of aromatic nitrogens is 2. The molecule has 0 aliphatic rings. The summed E-state index contributed by atoms with van der Waals surface area (Å²) in [6, 6.07) is 21.0. The fourth-order valence-electron chi connectivity index (χ4n) is 2.96. The number of aromatic hydroxyl groups is 2. The highest BCUT2D eigenvalue weighted by Gasteiger charge is 2.14. The van der Waals surface area contributed by atoms with Gasteiger partial charge in [0.05, 0.1) is 18.3 Å². The van der Waals surface area contributed by atoms with Crippen molar-refractivity contribution < 1.29 is 10.2 Å². The number of hydrogen-bond donors (Lipinski definition) is 2. The highest BCUT2D eigenvalue weighted by atomic mass is 16.3. The van der Waals surface area contributed by atoms with Crippen LogP contribution in [-0.4, -0.2) is 20.0 Å². The Kier molecular flexibility index (Phi) is 3.43. The minimum atomic E-state index is 0.0912. The highest BCUT2D eigenvalue weighted by Crippen LogP contribution is 2.32. The Bertz CT molecular complexity index is 1010. The summed E-state index contributed by atoms with van der Waals surface area (Å²) in [7, 11) is 0. The summed E-state index contributed by atoms with van der Waals surface area (Å²) in [5.74, 6) is 0.290. The van der Waals surface area contributed by atoms with Gasteiger partial charge < -0.3 is 10.2 Å². The Morgan fingerprint density at radius 2 is 1.58 bits per heavy atom. The standard InChI is InChI=1S/C20H16N2O2/c23-19-11-10-15-8-4-5-9-16(15)18(19)13-22-20(24)17(12-21-22)14-6-2-1-3-7-14/h1-12,23-24H,13H2. The van der Waals surface area contributed by atoms with Crippen LogP contribution in [0.3, 0.4) is 0 Å². The molecule has 0 bridgehead atoms. The third kappa shape index (κ3) is 2.38. The molecular weight excluding hydrogens is 300 g/mol. The van der Waals surface area contributed by atoms with Crippen molar-refractivity contribution in [2.45, 2.75) is 6.54 Å². The highest BCUT2D eigenvalue weighted by molar-refractivity contribution is 5.87. The molecule has 1 aromatic heterocycles. The smallest absolute Gasteiger partial charge is 0.217 e. The summed E-state index contributed by atoms with van der Waals surface area (Å²) in [6.45, 7) is 0.297. The van der Waals surface area contributed by atoms with Crippen LogP contribution in [0.15, 0.2) is 72.9 Å². The van der Waals surface area contributed by atoms with E-state index >= 15 is 0 Å². The summed E-state index contributed by atoms with van der Waals surface area (Å²) in [6.07, 6.45) is 1.65. The number of fused-ring (bicyclic) bond motifs is 1. The SMILES string of the molecule is Oc1ccc2ccccc2c1Cn1ncc(-c2ccccc2)c1O. The molecule has 0 atom stereocenters. The number of rotatable bonds is 3. The normalized spacial score (nSPS) is 11.0. The molecule has 4 aromatic rings. The van der Waals surface area contributed by atoms with Crippen LogP contribution in [0, 0.1) is 0 Å². The van der Waals surface area contributed by atoms with Gasteiger partial charge in [-0.2, -0.15) is 5.10 Å². The van der Waals surface area contributed by atoms with Crippen LogP contribution in [0.4, 0.5) is 0 Å². The van der Waals surface area contributed by atoms with Crippen LogP contribution in [0.2, 0.25) is 0 Å². The predicted molar refractivity (Wildman–Crippen MR) is 94.0 cm³/mol. The van der Waals surface area contributed by atoms with Crippen molar-refractivity contribution in [3.05, 3.63) is 78.5 Å². The molecular formula is C20H16N2O2. The molecule has 4 nitrogen and oxygen atoms in total. The average Bonchev–Trinajstić information content (AvgIpc) is 2.99. The van der Waals surface area contributed by atoms with E-state index in [1.54, 1.807) is 12.3 Å². The van der Waals surface area contributed by atoms with Gasteiger partial charge in [0.1, 0.15) is 5.75 Å². The lowest BCUT2D eigenvalue weighted by molar-refractivity contribution is 0.406. The molecule has 0 radical (unpaired) electrons. The van der Waals surface area contributed by atoms with Crippen molar-refractivity contribution in [3.63, 3.8) is 0 Å². The van der Waals surface area contributed by atoms with Crippen LogP contribution in [0.1, 0.15) is 5.56 Å². The minimum Gasteiger partial charge on any atom is -0.508 e. The second kappa shape index (κ2) is 5.74. The van der Waals surface area contributed by atoms with Crippen LogP contribution in [0.5, 0.6) is 11.6 Å². The molecule has 0 spiro atoms. The van der Waals surface area contributed by atoms with Gasteiger partial charge in [-0.05, 0) is 22.4 Å². The average molecular weight is 316 g/mol. The summed E-state index contributed by atoms with van der Waals surface area (Å²) in [4.78, 5) is 0. The maximum atomic E-state index is 10.5. The van der Waals surface area contributed by atoms with Gasteiger partial charge >= 0.3 is 0 Å². The van der Waals surface area contributed by atoms with Crippen molar-refractivity contribution in [2.24, 2.45) is 0 Å². The monoisotopic (exact) mass is 316 g/mol. The first-order valence-corrected chi connectivity index (χ1v) is 7.74. The molecule has 0 aliphatic heterocycles. The topological polar surface area (TPSA) is 58.3 Å². The van der Waals surface area contributed by atoms with Crippen LogP contribution in [-0.2, 0) is 6.54 Å². The largest absolute Gasteiger partial charge is 0.508 e. The van der Waals surface area contributed by atoms with Gasteiger partial charge in [0.2, 0.25) is 5.88 Å². The summed E-state index contributed by atoms with van der Waals surface area (Å²) >= 11 is 0. The van der Waals surface area contributed by atoms with E-state index in [1.165, 1.54) is 4.68 Å². The maximum Gasteiger partial charge on any atom is 0.217 e. The summed E-state index contributed by atoms with van der Waals surface area (Å²) < 4.78 is 1.50. The molecule has 0 amide bonds. The van der Waals surface area contributed by atoms with Gasteiger partial charge in [-0.25, -0.2) is 4.68 Å². The molecule has 4 heteroatoms. The molecule has 24 heavy (non-hydrogen) atoms. The van der Waals surface area contributed by atoms with Gasteiger partial charge in [0, 0.05) is 5.56 Å². The van der Waals surface area contributed by atoms with Crippen molar-refractivity contribution in [1.29, 1.82) is 0 Å². The molecule has 1 heterocycles. The van der Waals surface area contributed by atoms with Gasteiger partial charge in [-0.15, -0.1) is 0 Å². The number of phenolic OH excluding ortho intramolecular Hbond substituents is 1. The number of hydrogen-bond acceptors (Lipinski definition) is 3. The third-order valence-electron chi connectivity index (χ3n) is 4.22. The van der Waals surface area contributed by atoms with E-state index < -0.39 is 0 Å². The summed E-state index contributed by atoms with van der Waals surface area (Å²) in [5.41, 5.74) is 2.32. The Morgan fingerprint density at radius 3 is 2.42 bits per heavy atom. The van der Waals surface area contributed by atoms with Crippen molar-refractivity contribution in [3.8, 4) is 22.8 Å². The quantitative estimate of drug-likeness (QED) is 0.596. The Morgan fingerprint density at radius 1 is 0.833 bits per heavy atom. The molecule has 0 aliphatic carbocycles. The Balaban J connectivity index is 1.78. The van der Waals surface area contributed by atoms with E-state index in [0.717, 1.165) is 21.9 Å². The molecule has 3 aromatic carbocycles. The Labute approximate surface area is 139 Å². The van der Waals surface area contributed by atoms with E-state index in [0.29, 0.717) is 12.1 Å². The maximum absolute atomic E-state index is 10.5. The fourth-order valence-corrected chi connectivity index (χ4v) is 2.96. The Hall–Kier alpha value is -3.27. The first kappa shape index (κ1) is 14.3. The zero-order valence-electron chi connectivity index (χ0n) is 12.9. The zero-order valence-corrected chi connectivity index (χ0v) is 12.9. The zero-order chi connectivity index (χ0) is 16.5. The molecule has 0 saturated heterocycles. The second-order valence-corrected chi connectivity index (χ2v) is 5.69. The molecule has 4 rings (SSSR count). The second-order valence-electron chi connectivity index (χ2n) is 5.69. The molecule has 0 fully saturated rings. The number of phenols is 1. The summed E-state index contributed by atoms with van der Waals surface area (Å²) in [5, 5.41) is 27.1. The van der Waals surface area contributed by atoms with E-state index in [4.69, 9.17) is 0 Å². The third-order valence-corrected chi connectivity index (χ3v) is 4.22. The number of nitrogens with zero attached hydrogens (tertiary/aromatic N) is 2. The van der Waals surface area contributed by atoms with Gasteiger partial charge in [-0.1, -0.05) is 60.7 Å². The van der Waals surface area contributed by atoms with Crippen molar-refractivity contribution in [2.75, 3.05) is 0 Å². The minimum absolute atomic E-state index is 0.0912. The lowest BCUT2D eigenvalue weighted by Gasteiger charge is -2.10. The fraction of sp³-hybridized carbons (Fsp3) is 0.0500. The van der Waals surface area contributed by atoms with E-state index in [-0.39, 0.29) is 11.6 Å². The van der Waals surface area contributed by atoms with E-state index in [2.05, 4.69) is 5.10 Å². The van der Waals surface area contributed by atoms with Crippen LogP contribution >= 0.6 is 0 Å². The lowest BCUT2D eigenvalue weighted by atomic mass is 10.0. The van der Waals surface area contributed by atoms with Gasteiger partial charge in [0.15, 0.2) is 0 Å². The van der Waals surface area contributed by atoms with E-state index in [1.807, 2.05) is 60.7 Å². The van der Waals surface area contributed by atoms with Crippen LogP contribution in [0.25, 0.3) is 21.9 Å². The predicted octanol–water partition coefficient (Wildman–Crippen LogP) is 4.16. The molecule has 0 saturated carbocycles. The van der Waals surface area contributed by atoms with Crippen LogP contribution < -0.4 is 0 Å². The molecule has 0 unspecified atom stereocenters. The molecule has 118 valence electrons. The van der Waals surface area contributed by atoms with E-state index in [9.17, 15) is 10.2 Å². The first-order valence-electron chi connectivity index (χ1n) is 7.74. The van der Waals surface area contributed by atoms with Gasteiger partial charge in [-0.3, -0.25) is 0 Å². The van der Waals surface area contributed by atoms with Crippen molar-refractivity contribution >= 4 is 10.8 Å². The molecule has 2 N–H and O–H groups in total. The number of benzene rings is 3. The van der Waals surface area contributed by atoms with Gasteiger partial charge in [0.25, 0.3) is 0 Å². The first-order chi connectivity index (χ1) is 11.7.